The Labute approximate surface area is 160 Å². The van der Waals surface area contributed by atoms with Crippen molar-refractivity contribution in [1.82, 2.24) is 4.90 Å². The molecular weight excluding hydrogens is 368 g/mol. The maximum Gasteiger partial charge on any atom is 0.412 e. The van der Waals surface area contributed by atoms with E-state index in [1.54, 1.807) is 6.07 Å². The van der Waals surface area contributed by atoms with E-state index in [1.807, 2.05) is 18.2 Å². The first-order valence-corrected chi connectivity index (χ1v) is 8.89. The summed E-state index contributed by atoms with van der Waals surface area (Å²) >= 11 is 0. The lowest BCUT2D eigenvalue weighted by Gasteiger charge is -2.36. The van der Waals surface area contributed by atoms with Gasteiger partial charge in [-0.05, 0) is 35.9 Å². The molecule has 146 valence electrons. The molecule has 1 aliphatic rings. The number of nitrogens with two attached hydrogens (primary N) is 1. The second kappa shape index (κ2) is 7.47. The third-order valence-electron chi connectivity index (χ3n) is 4.74. The van der Waals surface area contributed by atoms with Crippen LogP contribution in [0.15, 0.2) is 46.9 Å². The van der Waals surface area contributed by atoms with Gasteiger partial charge in [-0.15, -0.1) is 0 Å². The second-order valence-electron chi connectivity index (χ2n) is 6.75. The Morgan fingerprint density at radius 1 is 1.04 bits per heavy atom. The van der Waals surface area contributed by atoms with Gasteiger partial charge in [-0.1, -0.05) is 0 Å². The van der Waals surface area contributed by atoms with Gasteiger partial charge in [-0.2, -0.15) is 0 Å². The molecule has 0 spiro atoms. The predicted molar refractivity (Wildman–Crippen MR) is 100 cm³/mol. The summed E-state index contributed by atoms with van der Waals surface area (Å²) in [6.45, 7) is 3.63. The minimum Gasteiger partial charge on any atom is -0.425 e. The summed E-state index contributed by atoms with van der Waals surface area (Å²) in [5, 5.41) is 0.811. The summed E-state index contributed by atoms with van der Waals surface area (Å²) in [7, 11) is 0. The van der Waals surface area contributed by atoms with Crippen LogP contribution in [0.4, 0.5) is 19.3 Å². The number of anilines is 1. The SMILES string of the molecule is NC(=O)Oc1cc2cc(N3CCN(Cc4cc(F)cc(F)c4)CC3)ccc2o1. The molecule has 0 atom stereocenters. The van der Waals surface area contributed by atoms with E-state index in [9.17, 15) is 13.6 Å². The average Bonchev–Trinajstić information content (AvgIpc) is 3.02. The smallest absolute Gasteiger partial charge is 0.412 e. The fourth-order valence-corrected chi connectivity index (χ4v) is 3.48. The molecule has 1 amide bonds. The molecule has 1 fully saturated rings. The van der Waals surface area contributed by atoms with Crippen molar-refractivity contribution in [1.29, 1.82) is 0 Å². The molecule has 0 saturated carbocycles. The lowest BCUT2D eigenvalue weighted by atomic mass is 10.1. The Morgan fingerprint density at radius 3 is 2.43 bits per heavy atom. The van der Waals surface area contributed by atoms with Gasteiger partial charge in [0.1, 0.15) is 17.2 Å². The lowest BCUT2D eigenvalue weighted by molar-refractivity contribution is 0.199. The molecule has 6 nitrogen and oxygen atoms in total. The van der Waals surface area contributed by atoms with Gasteiger partial charge in [0.25, 0.3) is 5.95 Å². The van der Waals surface area contributed by atoms with Crippen LogP contribution in [0.5, 0.6) is 5.95 Å². The second-order valence-corrected chi connectivity index (χ2v) is 6.75. The van der Waals surface area contributed by atoms with Crippen LogP contribution >= 0.6 is 0 Å². The Kier molecular flexibility index (Phi) is 4.87. The van der Waals surface area contributed by atoms with Crippen LogP contribution in [-0.2, 0) is 6.54 Å². The van der Waals surface area contributed by atoms with Gasteiger partial charge in [-0.3, -0.25) is 4.90 Å². The van der Waals surface area contributed by atoms with Crippen molar-refractivity contribution in [3.63, 3.8) is 0 Å². The highest BCUT2D eigenvalue weighted by molar-refractivity contribution is 5.83. The van der Waals surface area contributed by atoms with Gasteiger partial charge in [0, 0.05) is 55.9 Å². The Balaban J connectivity index is 1.41. The van der Waals surface area contributed by atoms with Crippen LogP contribution in [0.1, 0.15) is 5.56 Å². The standard InChI is InChI=1S/C20H19F2N3O3/c21-15-7-13(8-16(22)11-15)12-24-3-5-25(6-4-24)17-1-2-18-14(9-17)10-19(27-18)28-20(23)26/h1-2,7-11H,3-6,12H2,(H2,23,26). The maximum atomic E-state index is 13.4. The minimum atomic E-state index is -0.923. The largest absolute Gasteiger partial charge is 0.425 e. The van der Waals surface area contributed by atoms with Crippen molar-refractivity contribution in [2.45, 2.75) is 6.54 Å². The Morgan fingerprint density at radius 2 is 1.75 bits per heavy atom. The molecule has 1 saturated heterocycles. The number of ether oxygens (including phenoxy) is 1. The number of benzene rings is 2. The molecule has 3 aromatic rings. The fourth-order valence-electron chi connectivity index (χ4n) is 3.48. The van der Waals surface area contributed by atoms with Crippen molar-refractivity contribution < 1.29 is 22.7 Å². The number of hydrogen-bond acceptors (Lipinski definition) is 5. The zero-order chi connectivity index (χ0) is 19.7. The normalized spacial score (nSPS) is 15.1. The molecule has 2 N–H and O–H groups in total. The topological polar surface area (TPSA) is 71.9 Å². The number of carbonyl (C=O) groups is 1. The van der Waals surface area contributed by atoms with Crippen molar-refractivity contribution in [2.75, 3.05) is 31.1 Å². The van der Waals surface area contributed by atoms with E-state index in [2.05, 4.69) is 9.80 Å². The van der Waals surface area contributed by atoms with E-state index in [-0.39, 0.29) is 5.95 Å². The number of furan rings is 1. The molecular formula is C20H19F2N3O3. The molecule has 1 aromatic heterocycles. The van der Waals surface area contributed by atoms with Gasteiger partial charge >= 0.3 is 6.09 Å². The molecule has 0 bridgehead atoms. The number of rotatable bonds is 4. The summed E-state index contributed by atoms with van der Waals surface area (Å²) in [5.41, 5.74) is 7.26. The fraction of sp³-hybridized carbons (Fsp3) is 0.250. The zero-order valence-electron chi connectivity index (χ0n) is 15.0. The van der Waals surface area contributed by atoms with Crippen LogP contribution in [0.2, 0.25) is 0 Å². The number of piperazine rings is 1. The molecule has 2 heterocycles. The first kappa shape index (κ1) is 18.2. The number of amides is 1. The first-order valence-electron chi connectivity index (χ1n) is 8.89. The van der Waals surface area contributed by atoms with Crippen LogP contribution in [0, 0.1) is 11.6 Å². The third kappa shape index (κ3) is 4.07. The molecule has 0 aliphatic carbocycles. The molecule has 4 rings (SSSR count). The molecule has 0 radical (unpaired) electrons. The van der Waals surface area contributed by atoms with Gasteiger partial charge < -0.3 is 19.8 Å². The van der Waals surface area contributed by atoms with Crippen molar-refractivity contribution in [2.24, 2.45) is 5.73 Å². The van der Waals surface area contributed by atoms with E-state index in [0.717, 1.165) is 43.3 Å². The van der Waals surface area contributed by atoms with E-state index in [4.69, 9.17) is 14.9 Å². The van der Waals surface area contributed by atoms with Gasteiger partial charge in [0.2, 0.25) is 0 Å². The number of hydrogen-bond donors (Lipinski definition) is 1. The molecule has 28 heavy (non-hydrogen) atoms. The van der Waals surface area contributed by atoms with Crippen LogP contribution in [-0.4, -0.2) is 37.2 Å². The molecule has 1 aliphatic heterocycles. The predicted octanol–water partition coefficient (Wildman–Crippen LogP) is 3.49. The summed E-state index contributed by atoms with van der Waals surface area (Å²) < 4.78 is 36.9. The van der Waals surface area contributed by atoms with E-state index < -0.39 is 17.7 Å². The van der Waals surface area contributed by atoms with E-state index in [1.165, 1.54) is 12.1 Å². The van der Waals surface area contributed by atoms with Crippen molar-refractivity contribution >= 4 is 22.7 Å². The summed E-state index contributed by atoms with van der Waals surface area (Å²) in [6.07, 6.45) is -0.923. The quantitative estimate of drug-likeness (QED) is 0.742. The van der Waals surface area contributed by atoms with Crippen LogP contribution in [0.3, 0.4) is 0 Å². The molecule has 2 aromatic carbocycles. The summed E-state index contributed by atoms with van der Waals surface area (Å²) in [5.74, 6) is -1.05. The summed E-state index contributed by atoms with van der Waals surface area (Å²) in [6, 6.07) is 11.0. The van der Waals surface area contributed by atoms with Crippen molar-refractivity contribution in [3.05, 3.63) is 59.7 Å². The number of primary amides is 1. The third-order valence-corrected chi connectivity index (χ3v) is 4.74. The highest BCUT2D eigenvalue weighted by Crippen LogP contribution is 2.29. The number of fused-ring (bicyclic) bond motifs is 1. The first-order chi connectivity index (χ1) is 13.5. The average molecular weight is 387 g/mol. The maximum absolute atomic E-state index is 13.4. The summed E-state index contributed by atoms with van der Waals surface area (Å²) in [4.78, 5) is 15.2. The van der Waals surface area contributed by atoms with Crippen LogP contribution < -0.4 is 15.4 Å². The van der Waals surface area contributed by atoms with Gasteiger partial charge in [0.15, 0.2) is 0 Å². The van der Waals surface area contributed by atoms with Crippen LogP contribution in [0.25, 0.3) is 11.0 Å². The lowest BCUT2D eigenvalue weighted by Crippen LogP contribution is -2.45. The molecule has 8 heteroatoms. The number of nitrogens with zero attached hydrogens (tertiary/aromatic N) is 2. The van der Waals surface area contributed by atoms with E-state index >= 15 is 0 Å². The van der Waals surface area contributed by atoms with Gasteiger partial charge in [-0.25, -0.2) is 13.6 Å². The Bertz CT molecular complexity index is 993. The highest BCUT2D eigenvalue weighted by atomic mass is 19.1. The Hall–Kier alpha value is -3.13. The van der Waals surface area contributed by atoms with E-state index in [0.29, 0.717) is 17.7 Å². The number of carbonyl (C=O) groups excluding carboxylic acids is 1. The number of halogens is 2. The minimum absolute atomic E-state index is 0.0618. The monoisotopic (exact) mass is 387 g/mol. The van der Waals surface area contributed by atoms with Crippen molar-refractivity contribution in [3.8, 4) is 5.95 Å². The molecule has 0 unspecified atom stereocenters. The van der Waals surface area contributed by atoms with Gasteiger partial charge in [0.05, 0.1) is 0 Å². The zero-order valence-corrected chi connectivity index (χ0v) is 15.0. The highest BCUT2D eigenvalue weighted by Gasteiger charge is 2.19.